The summed E-state index contributed by atoms with van der Waals surface area (Å²) in [7, 11) is 0. The predicted octanol–water partition coefficient (Wildman–Crippen LogP) is 4.17. The summed E-state index contributed by atoms with van der Waals surface area (Å²) in [6.45, 7) is 4.05. The topological polar surface area (TPSA) is 68.1 Å². The molecule has 0 fully saturated rings. The molecule has 0 aliphatic carbocycles. The smallest absolute Gasteiger partial charge is 0.312 e. The number of rotatable bonds is 5. The molecule has 0 aromatic carbocycles. The molecule has 20 heavy (non-hydrogen) atoms. The van der Waals surface area contributed by atoms with Gasteiger partial charge in [-0.1, -0.05) is 0 Å². The maximum atomic E-state index is 11.0. The van der Waals surface area contributed by atoms with Crippen LogP contribution in [0, 0.1) is 17.0 Å². The summed E-state index contributed by atoms with van der Waals surface area (Å²) >= 11 is 4.93. The van der Waals surface area contributed by atoms with E-state index in [1.165, 1.54) is 15.8 Å². The Balaban J connectivity index is 2.11. The first kappa shape index (κ1) is 14.9. The summed E-state index contributed by atoms with van der Waals surface area (Å²) in [5, 5.41) is 14.1. The number of thiophene rings is 1. The number of nitrogens with zero attached hydrogens (tertiary/aromatic N) is 2. The lowest BCUT2D eigenvalue weighted by Crippen LogP contribution is -2.19. The van der Waals surface area contributed by atoms with Gasteiger partial charge < -0.3 is 5.32 Å². The van der Waals surface area contributed by atoms with E-state index in [9.17, 15) is 10.1 Å². The molecule has 2 aromatic rings. The fourth-order valence-corrected chi connectivity index (χ4v) is 3.20. The van der Waals surface area contributed by atoms with Crippen LogP contribution in [0.5, 0.6) is 0 Å². The average molecular weight is 356 g/mol. The minimum Gasteiger partial charge on any atom is -0.362 e. The highest BCUT2D eigenvalue weighted by Gasteiger charge is 2.17. The number of hydrogen-bond donors (Lipinski definition) is 1. The molecule has 0 amide bonds. The van der Waals surface area contributed by atoms with Gasteiger partial charge in [-0.05, 0) is 41.9 Å². The van der Waals surface area contributed by atoms with Crippen LogP contribution in [0.15, 0.2) is 28.9 Å². The van der Waals surface area contributed by atoms with E-state index < -0.39 is 4.92 Å². The largest absolute Gasteiger partial charge is 0.362 e. The second kappa shape index (κ2) is 6.32. The maximum Gasteiger partial charge on any atom is 0.312 e. The predicted molar refractivity (Wildman–Crippen MR) is 84.4 cm³/mol. The Labute approximate surface area is 129 Å². The van der Waals surface area contributed by atoms with Crippen molar-refractivity contribution in [1.82, 2.24) is 4.98 Å². The zero-order chi connectivity index (χ0) is 14.7. The Hall–Kier alpha value is -1.47. The van der Waals surface area contributed by atoms with Gasteiger partial charge in [0.1, 0.15) is 0 Å². The fourth-order valence-electron chi connectivity index (χ4n) is 1.86. The van der Waals surface area contributed by atoms with Crippen LogP contribution in [0.2, 0.25) is 0 Å². The van der Waals surface area contributed by atoms with Crippen LogP contribution in [0.1, 0.15) is 16.7 Å². The summed E-state index contributed by atoms with van der Waals surface area (Å²) < 4.78 is 0.594. The maximum absolute atomic E-state index is 11.0. The van der Waals surface area contributed by atoms with Crippen LogP contribution >= 0.6 is 27.3 Å². The number of hydrogen-bond acceptors (Lipinski definition) is 5. The minimum absolute atomic E-state index is 0.0198. The lowest BCUT2D eigenvalue weighted by molar-refractivity contribution is -0.384. The number of anilines is 1. The van der Waals surface area contributed by atoms with Gasteiger partial charge in [0.2, 0.25) is 5.82 Å². The third-order valence-electron chi connectivity index (χ3n) is 2.72. The highest BCUT2D eigenvalue weighted by Crippen LogP contribution is 2.26. The molecule has 2 rings (SSSR count). The number of halogens is 1. The van der Waals surface area contributed by atoms with Crippen molar-refractivity contribution in [2.75, 3.05) is 5.32 Å². The molecule has 0 saturated carbocycles. The number of nitro groups is 1. The summed E-state index contributed by atoms with van der Waals surface area (Å²) in [5.41, 5.74) is -0.0198. The molecule has 0 spiro atoms. The van der Waals surface area contributed by atoms with E-state index >= 15 is 0 Å². The van der Waals surface area contributed by atoms with Crippen LogP contribution in [0.4, 0.5) is 11.5 Å². The lowest BCUT2D eigenvalue weighted by Gasteiger charge is -2.13. The Morgan fingerprint density at radius 3 is 2.90 bits per heavy atom. The first-order valence-corrected chi connectivity index (χ1v) is 7.68. The van der Waals surface area contributed by atoms with Crippen molar-refractivity contribution in [3.63, 3.8) is 0 Å². The van der Waals surface area contributed by atoms with Gasteiger partial charge >= 0.3 is 5.69 Å². The molecule has 5 nitrogen and oxygen atoms in total. The van der Waals surface area contributed by atoms with Crippen molar-refractivity contribution in [2.45, 2.75) is 26.3 Å². The summed E-state index contributed by atoms with van der Waals surface area (Å²) in [6, 6.07) is 5.69. The van der Waals surface area contributed by atoms with Gasteiger partial charge in [-0.15, -0.1) is 11.3 Å². The Morgan fingerprint density at radius 2 is 2.30 bits per heavy atom. The van der Waals surface area contributed by atoms with Crippen molar-refractivity contribution in [3.8, 4) is 0 Å². The third kappa shape index (κ3) is 3.77. The van der Waals surface area contributed by atoms with E-state index in [1.807, 2.05) is 6.92 Å². The molecule has 106 valence electrons. The van der Waals surface area contributed by atoms with Gasteiger partial charge in [-0.3, -0.25) is 10.1 Å². The van der Waals surface area contributed by atoms with Crippen molar-refractivity contribution in [2.24, 2.45) is 0 Å². The highest BCUT2D eigenvalue weighted by atomic mass is 79.9. The van der Waals surface area contributed by atoms with E-state index in [0.717, 1.165) is 6.42 Å². The molecule has 0 radical (unpaired) electrons. The van der Waals surface area contributed by atoms with Crippen LogP contribution < -0.4 is 5.32 Å². The van der Waals surface area contributed by atoms with Crippen molar-refractivity contribution in [3.05, 3.63) is 48.7 Å². The van der Waals surface area contributed by atoms with Crippen LogP contribution in [-0.4, -0.2) is 15.9 Å². The van der Waals surface area contributed by atoms with E-state index in [0.29, 0.717) is 10.3 Å². The average Bonchev–Trinajstić information content (AvgIpc) is 2.76. The molecule has 0 saturated heterocycles. The zero-order valence-electron chi connectivity index (χ0n) is 11.1. The summed E-state index contributed by atoms with van der Waals surface area (Å²) in [5.74, 6) is 0.305. The molecule has 1 atom stereocenters. The molecule has 1 unspecified atom stereocenters. The van der Waals surface area contributed by atoms with Gasteiger partial charge in [0.05, 0.1) is 4.92 Å². The van der Waals surface area contributed by atoms with E-state index in [2.05, 4.69) is 45.3 Å². The normalized spacial score (nSPS) is 12.2. The zero-order valence-corrected chi connectivity index (χ0v) is 13.5. The first-order chi connectivity index (χ1) is 9.45. The third-order valence-corrected chi connectivity index (χ3v) is 4.17. The quantitative estimate of drug-likeness (QED) is 0.645. The summed E-state index contributed by atoms with van der Waals surface area (Å²) in [4.78, 5) is 17.2. The molecule has 2 aromatic heterocycles. The van der Waals surface area contributed by atoms with Gasteiger partial charge in [-0.2, -0.15) is 0 Å². The monoisotopic (exact) mass is 355 g/mol. The number of pyridine rings is 1. The molecule has 0 bridgehead atoms. The van der Waals surface area contributed by atoms with Gasteiger partial charge in [0, 0.05) is 39.0 Å². The van der Waals surface area contributed by atoms with E-state index in [4.69, 9.17) is 0 Å². The van der Waals surface area contributed by atoms with Gasteiger partial charge in [0.25, 0.3) is 0 Å². The summed E-state index contributed by atoms with van der Waals surface area (Å²) in [6.07, 6.45) is 2.37. The number of aryl methyl sites for hydroxylation is 1. The van der Waals surface area contributed by atoms with E-state index in [-0.39, 0.29) is 11.7 Å². The number of nitrogens with one attached hydrogen (secondary N) is 1. The first-order valence-electron chi connectivity index (χ1n) is 6.07. The SMILES string of the molecule is Cc1ccc(CC(C)Nc2ncc(Br)cc2[N+](=O)[O-])s1. The van der Waals surface area contributed by atoms with E-state index in [1.54, 1.807) is 17.5 Å². The number of aromatic nitrogens is 1. The van der Waals surface area contributed by atoms with Crippen molar-refractivity contribution in [1.29, 1.82) is 0 Å². The van der Waals surface area contributed by atoms with Crippen LogP contribution in [0.3, 0.4) is 0 Å². The second-order valence-corrected chi connectivity index (χ2v) is 6.83. The van der Waals surface area contributed by atoms with Crippen molar-refractivity contribution < 1.29 is 4.92 Å². The van der Waals surface area contributed by atoms with Crippen molar-refractivity contribution >= 4 is 38.8 Å². The molecule has 7 heteroatoms. The fraction of sp³-hybridized carbons (Fsp3) is 0.308. The molecule has 1 N–H and O–H groups in total. The van der Waals surface area contributed by atoms with Gasteiger partial charge in [0.15, 0.2) is 0 Å². The molecular formula is C13H14BrN3O2S. The standard InChI is InChI=1S/C13H14BrN3O2S/c1-8(5-11-4-3-9(2)20-11)16-13-12(17(18)19)6-10(14)7-15-13/h3-4,6-8H,5H2,1-2H3,(H,15,16). The van der Waals surface area contributed by atoms with Crippen LogP contribution in [0.25, 0.3) is 0 Å². The minimum atomic E-state index is -0.428. The molecule has 2 heterocycles. The molecular weight excluding hydrogens is 342 g/mol. The van der Waals surface area contributed by atoms with Gasteiger partial charge in [-0.25, -0.2) is 4.98 Å². The molecule has 0 aliphatic rings. The highest BCUT2D eigenvalue weighted by molar-refractivity contribution is 9.10. The second-order valence-electron chi connectivity index (χ2n) is 4.54. The Bertz CT molecular complexity index is 630. The Kier molecular flexibility index (Phi) is 4.72. The lowest BCUT2D eigenvalue weighted by atomic mass is 10.2. The van der Waals surface area contributed by atoms with Crippen LogP contribution in [-0.2, 0) is 6.42 Å². The molecule has 0 aliphatic heterocycles. The Morgan fingerprint density at radius 1 is 1.55 bits per heavy atom.